The zero-order chi connectivity index (χ0) is 16.5. The molecule has 1 amide bonds. The number of rotatable bonds is 3. The Balaban J connectivity index is 2.57. The molecule has 0 aromatic heterocycles. The Morgan fingerprint density at radius 2 is 2.00 bits per heavy atom. The van der Waals surface area contributed by atoms with Crippen molar-refractivity contribution in [2.45, 2.75) is 38.1 Å². The maximum atomic E-state index is 13.1. The average Bonchev–Trinajstić information content (AvgIpc) is 2.60. The molecule has 1 aromatic rings. The van der Waals surface area contributed by atoms with E-state index in [0.29, 0.717) is 30.8 Å². The minimum atomic E-state index is -3.81. The van der Waals surface area contributed by atoms with Crippen LogP contribution in [0.2, 0.25) is 0 Å². The molecule has 1 aliphatic rings. The van der Waals surface area contributed by atoms with Crippen LogP contribution in [0.15, 0.2) is 17.0 Å². The van der Waals surface area contributed by atoms with Gasteiger partial charge in [-0.1, -0.05) is 6.07 Å². The van der Waals surface area contributed by atoms with E-state index in [1.165, 1.54) is 11.4 Å². The first-order valence-electron chi connectivity index (χ1n) is 7.24. The molecule has 7 heteroatoms. The van der Waals surface area contributed by atoms with Crippen molar-refractivity contribution in [2.24, 2.45) is 0 Å². The predicted octanol–water partition coefficient (Wildman–Crippen LogP) is 1.21. The van der Waals surface area contributed by atoms with Crippen LogP contribution < -0.4 is 10.1 Å². The molecule has 0 spiro atoms. The monoisotopic (exact) mass is 326 g/mol. The number of methoxy groups -OCH3 is 1. The van der Waals surface area contributed by atoms with E-state index in [-0.39, 0.29) is 10.8 Å². The van der Waals surface area contributed by atoms with E-state index in [1.54, 1.807) is 26.0 Å². The van der Waals surface area contributed by atoms with Crippen molar-refractivity contribution in [2.75, 3.05) is 20.2 Å². The molecule has 1 aromatic carbocycles. The highest BCUT2D eigenvalue weighted by molar-refractivity contribution is 7.89. The summed E-state index contributed by atoms with van der Waals surface area (Å²) in [4.78, 5) is 12.1. The van der Waals surface area contributed by atoms with Crippen molar-refractivity contribution >= 4 is 15.9 Å². The summed E-state index contributed by atoms with van der Waals surface area (Å²) in [6.45, 7) is 6.02. The lowest BCUT2D eigenvalue weighted by atomic mass is 10.1. The average molecular weight is 326 g/mol. The lowest BCUT2D eigenvalue weighted by Gasteiger charge is -2.26. The molecule has 1 heterocycles. The van der Waals surface area contributed by atoms with Crippen LogP contribution in [-0.2, 0) is 14.8 Å². The number of sulfonamides is 1. The maximum absolute atomic E-state index is 13.1. The Labute approximate surface area is 131 Å². The molecule has 2 rings (SSSR count). The van der Waals surface area contributed by atoms with Crippen LogP contribution in [0.1, 0.15) is 24.5 Å². The summed E-state index contributed by atoms with van der Waals surface area (Å²) in [5.74, 6) is 0.0409. The largest absolute Gasteiger partial charge is 0.495 e. The van der Waals surface area contributed by atoms with Gasteiger partial charge in [0, 0.05) is 13.1 Å². The topological polar surface area (TPSA) is 75.7 Å². The van der Waals surface area contributed by atoms with E-state index in [9.17, 15) is 13.2 Å². The Morgan fingerprint density at radius 3 is 2.64 bits per heavy atom. The zero-order valence-corrected chi connectivity index (χ0v) is 14.2. The van der Waals surface area contributed by atoms with Gasteiger partial charge in [0.05, 0.1) is 7.11 Å². The van der Waals surface area contributed by atoms with Crippen molar-refractivity contribution in [1.82, 2.24) is 9.62 Å². The predicted molar refractivity (Wildman–Crippen MR) is 83.4 cm³/mol. The van der Waals surface area contributed by atoms with Crippen LogP contribution in [0.4, 0.5) is 0 Å². The second-order valence-electron chi connectivity index (χ2n) is 5.55. The Bertz CT molecular complexity index is 685. The van der Waals surface area contributed by atoms with Gasteiger partial charge in [-0.3, -0.25) is 4.79 Å². The second kappa shape index (κ2) is 6.26. The summed E-state index contributed by atoms with van der Waals surface area (Å²) in [7, 11) is -2.36. The first kappa shape index (κ1) is 16.8. The van der Waals surface area contributed by atoms with Crippen LogP contribution in [0, 0.1) is 13.8 Å². The van der Waals surface area contributed by atoms with Crippen molar-refractivity contribution in [1.29, 1.82) is 0 Å². The molecule has 0 radical (unpaired) electrons. The number of benzene rings is 1. The van der Waals surface area contributed by atoms with Crippen LogP contribution in [0.5, 0.6) is 5.75 Å². The van der Waals surface area contributed by atoms with Gasteiger partial charge >= 0.3 is 0 Å². The van der Waals surface area contributed by atoms with Gasteiger partial charge in [-0.25, -0.2) is 8.42 Å². The molecule has 1 saturated heterocycles. The molecule has 0 unspecified atom stereocenters. The van der Waals surface area contributed by atoms with Crippen LogP contribution in [-0.4, -0.2) is 44.9 Å². The highest BCUT2D eigenvalue weighted by atomic mass is 32.2. The summed E-state index contributed by atoms with van der Waals surface area (Å²) < 4.78 is 32.7. The van der Waals surface area contributed by atoms with Gasteiger partial charge in [0.1, 0.15) is 16.7 Å². The Morgan fingerprint density at radius 1 is 1.32 bits per heavy atom. The number of aryl methyl sites for hydroxylation is 2. The third kappa shape index (κ3) is 2.96. The van der Waals surface area contributed by atoms with Gasteiger partial charge in [0.2, 0.25) is 15.9 Å². The van der Waals surface area contributed by atoms with E-state index in [4.69, 9.17) is 4.74 Å². The number of nitrogens with zero attached hydrogens (tertiary/aromatic N) is 1. The lowest BCUT2D eigenvalue weighted by Crippen LogP contribution is -2.45. The molecule has 1 N–H and O–H groups in total. The fourth-order valence-electron chi connectivity index (χ4n) is 2.76. The highest BCUT2D eigenvalue weighted by Gasteiger charge is 2.36. The lowest BCUT2D eigenvalue weighted by molar-refractivity contribution is -0.123. The molecule has 0 bridgehead atoms. The van der Waals surface area contributed by atoms with Crippen LogP contribution >= 0.6 is 0 Å². The summed E-state index contributed by atoms with van der Waals surface area (Å²) >= 11 is 0. The number of amides is 1. The van der Waals surface area contributed by atoms with Crippen molar-refractivity contribution in [3.05, 3.63) is 23.3 Å². The van der Waals surface area contributed by atoms with E-state index in [0.717, 1.165) is 5.56 Å². The molecular formula is C15H22N2O4S. The van der Waals surface area contributed by atoms with E-state index >= 15 is 0 Å². The highest BCUT2D eigenvalue weighted by Crippen LogP contribution is 2.32. The summed E-state index contributed by atoms with van der Waals surface area (Å²) in [6.07, 6.45) is 0.586. The fraction of sp³-hybridized carbons (Fsp3) is 0.533. The summed E-state index contributed by atoms with van der Waals surface area (Å²) in [6, 6.07) is 2.76. The zero-order valence-electron chi connectivity index (χ0n) is 13.3. The van der Waals surface area contributed by atoms with Crippen molar-refractivity contribution < 1.29 is 17.9 Å². The normalized spacial score (nSPS) is 20.4. The summed E-state index contributed by atoms with van der Waals surface area (Å²) in [5, 5.41) is 2.72. The van der Waals surface area contributed by atoms with Gasteiger partial charge in [-0.2, -0.15) is 4.31 Å². The van der Waals surface area contributed by atoms with E-state index < -0.39 is 16.1 Å². The third-order valence-corrected chi connectivity index (χ3v) is 5.99. The molecular weight excluding hydrogens is 304 g/mol. The Hall–Kier alpha value is -1.60. The number of nitrogens with one attached hydrogen (secondary N) is 1. The van der Waals surface area contributed by atoms with Crippen molar-refractivity contribution in [3.8, 4) is 5.75 Å². The van der Waals surface area contributed by atoms with Crippen LogP contribution in [0.25, 0.3) is 0 Å². The van der Waals surface area contributed by atoms with E-state index in [1.807, 2.05) is 6.92 Å². The van der Waals surface area contributed by atoms with Gasteiger partial charge in [0.25, 0.3) is 0 Å². The number of ether oxygens (including phenoxy) is 1. The number of carbonyl (C=O) groups excluding carboxylic acids is 1. The SMILES string of the molecule is COc1cc(C)cc(C)c1S(=O)(=O)N1CCCNC(=O)[C@H]1C. The van der Waals surface area contributed by atoms with Crippen LogP contribution in [0.3, 0.4) is 0 Å². The molecule has 0 aliphatic carbocycles. The molecule has 1 atom stereocenters. The number of hydrogen-bond acceptors (Lipinski definition) is 4. The minimum absolute atomic E-state index is 0.141. The fourth-order valence-corrected chi connectivity index (χ4v) is 4.74. The van der Waals surface area contributed by atoms with E-state index in [2.05, 4.69) is 5.32 Å². The van der Waals surface area contributed by atoms with Gasteiger partial charge in [-0.15, -0.1) is 0 Å². The molecule has 1 fully saturated rings. The smallest absolute Gasteiger partial charge is 0.247 e. The molecule has 122 valence electrons. The molecule has 1 aliphatic heterocycles. The molecule has 22 heavy (non-hydrogen) atoms. The minimum Gasteiger partial charge on any atom is -0.495 e. The standard InChI is InChI=1S/C15H22N2O4S/c1-10-8-11(2)14(13(9-10)21-4)22(19,20)17-7-5-6-16-15(18)12(17)3/h8-9,12H,5-7H2,1-4H3,(H,16,18)/t12-/m1/s1. The summed E-state index contributed by atoms with van der Waals surface area (Å²) in [5.41, 5.74) is 1.55. The molecule has 6 nitrogen and oxygen atoms in total. The third-order valence-electron chi connectivity index (χ3n) is 3.84. The van der Waals surface area contributed by atoms with Crippen molar-refractivity contribution in [3.63, 3.8) is 0 Å². The second-order valence-corrected chi connectivity index (χ2v) is 7.38. The first-order valence-corrected chi connectivity index (χ1v) is 8.68. The number of carbonyl (C=O) groups is 1. The quantitative estimate of drug-likeness (QED) is 0.906. The first-order chi connectivity index (χ1) is 10.3. The maximum Gasteiger partial charge on any atom is 0.247 e. The number of hydrogen-bond donors (Lipinski definition) is 1. The van der Waals surface area contributed by atoms with Gasteiger partial charge < -0.3 is 10.1 Å². The Kier molecular flexibility index (Phi) is 4.77. The molecule has 0 saturated carbocycles. The van der Waals surface area contributed by atoms with Gasteiger partial charge in [-0.05, 0) is 44.4 Å². The van der Waals surface area contributed by atoms with Gasteiger partial charge in [0.15, 0.2) is 0 Å².